The van der Waals surface area contributed by atoms with Gasteiger partial charge in [0.25, 0.3) is 0 Å². The van der Waals surface area contributed by atoms with Crippen molar-refractivity contribution in [2.24, 2.45) is 0 Å². The molecule has 2 aliphatic rings. The standard InChI is InChI=1S/C29H31Cl2FN4O3S/c1-20-6-7-23(31)18-27(20)33-10-12-34(13-11-33)29(37)28-19-35(40(38,39)25-5-3-4-22(30)17-25)14-15-36(28)26-9-8-24(32)16-21(26)2/h3-9,16-18,28H,10-15,19H2,1-2H3. The lowest BCUT2D eigenvalue weighted by Gasteiger charge is -2.45. The highest BCUT2D eigenvalue weighted by Gasteiger charge is 2.40. The maximum absolute atomic E-state index is 14.1. The predicted octanol–water partition coefficient (Wildman–Crippen LogP) is 4.98. The van der Waals surface area contributed by atoms with Crippen LogP contribution < -0.4 is 9.80 Å². The van der Waals surface area contributed by atoms with Gasteiger partial charge in [-0.2, -0.15) is 4.31 Å². The minimum Gasteiger partial charge on any atom is -0.368 e. The second-order valence-electron chi connectivity index (χ2n) is 10.2. The van der Waals surface area contributed by atoms with E-state index in [-0.39, 0.29) is 36.3 Å². The van der Waals surface area contributed by atoms with E-state index in [0.29, 0.717) is 47.5 Å². The molecule has 1 unspecified atom stereocenters. The average molecular weight is 606 g/mol. The second kappa shape index (κ2) is 11.6. The van der Waals surface area contributed by atoms with Crippen molar-refractivity contribution < 1.29 is 17.6 Å². The second-order valence-corrected chi connectivity index (χ2v) is 13.0. The Morgan fingerprint density at radius 2 is 1.55 bits per heavy atom. The summed E-state index contributed by atoms with van der Waals surface area (Å²) in [5, 5.41) is 0.981. The zero-order valence-electron chi connectivity index (χ0n) is 22.4. The van der Waals surface area contributed by atoms with E-state index < -0.39 is 16.1 Å². The summed E-state index contributed by atoms with van der Waals surface area (Å²) in [4.78, 5) is 20.1. The van der Waals surface area contributed by atoms with Crippen molar-refractivity contribution in [1.82, 2.24) is 9.21 Å². The largest absolute Gasteiger partial charge is 0.368 e. The van der Waals surface area contributed by atoms with Gasteiger partial charge >= 0.3 is 0 Å². The third kappa shape index (κ3) is 5.79. The van der Waals surface area contributed by atoms with Gasteiger partial charge in [0.1, 0.15) is 11.9 Å². The Kier molecular flexibility index (Phi) is 8.29. The third-order valence-corrected chi connectivity index (χ3v) is 9.96. The summed E-state index contributed by atoms with van der Waals surface area (Å²) >= 11 is 12.3. The van der Waals surface area contributed by atoms with Crippen molar-refractivity contribution in [2.45, 2.75) is 24.8 Å². The number of aryl methyl sites for hydroxylation is 2. The van der Waals surface area contributed by atoms with Crippen LogP contribution in [0, 0.1) is 19.7 Å². The Bertz CT molecular complexity index is 1530. The first-order valence-corrected chi connectivity index (χ1v) is 15.3. The summed E-state index contributed by atoms with van der Waals surface area (Å²) in [5.74, 6) is -0.518. The molecule has 2 aliphatic heterocycles. The molecule has 1 atom stereocenters. The molecular formula is C29H31Cl2FN4O3S. The van der Waals surface area contributed by atoms with Crippen molar-refractivity contribution in [1.29, 1.82) is 0 Å². The fourth-order valence-electron chi connectivity index (χ4n) is 5.50. The van der Waals surface area contributed by atoms with E-state index in [1.807, 2.05) is 30.0 Å². The van der Waals surface area contributed by atoms with Crippen molar-refractivity contribution in [3.05, 3.63) is 87.7 Å². The molecule has 11 heteroatoms. The van der Waals surface area contributed by atoms with Crippen LogP contribution in [0.25, 0.3) is 0 Å². The van der Waals surface area contributed by atoms with E-state index >= 15 is 0 Å². The van der Waals surface area contributed by atoms with Crippen molar-refractivity contribution in [3.63, 3.8) is 0 Å². The summed E-state index contributed by atoms with van der Waals surface area (Å²) < 4.78 is 42.4. The van der Waals surface area contributed by atoms with Crippen LogP contribution in [0.15, 0.2) is 65.6 Å². The maximum Gasteiger partial charge on any atom is 0.246 e. The maximum atomic E-state index is 14.1. The van der Waals surface area contributed by atoms with E-state index in [1.54, 1.807) is 30.0 Å². The normalized spacial score (nSPS) is 18.7. The van der Waals surface area contributed by atoms with Crippen LogP contribution in [0.4, 0.5) is 15.8 Å². The third-order valence-electron chi connectivity index (χ3n) is 7.63. The molecule has 212 valence electrons. The Morgan fingerprint density at radius 3 is 2.25 bits per heavy atom. The number of rotatable bonds is 5. The van der Waals surface area contributed by atoms with E-state index in [1.165, 1.54) is 28.6 Å². The molecule has 0 N–H and O–H groups in total. The number of sulfonamides is 1. The summed E-state index contributed by atoms with van der Waals surface area (Å²) in [7, 11) is -3.89. The fourth-order valence-corrected chi connectivity index (χ4v) is 7.40. The lowest BCUT2D eigenvalue weighted by atomic mass is 10.1. The number of carbonyl (C=O) groups excluding carboxylic acids is 1. The van der Waals surface area contributed by atoms with Gasteiger partial charge in [-0.05, 0) is 73.5 Å². The molecule has 2 fully saturated rings. The lowest BCUT2D eigenvalue weighted by Crippen LogP contribution is -2.62. The predicted molar refractivity (Wildman–Crippen MR) is 157 cm³/mol. The fraction of sp³-hybridized carbons (Fsp3) is 0.345. The van der Waals surface area contributed by atoms with Gasteiger partial charge in [0, 0.05) is 67.2 Å². The first kappa shape index (κ1) is 28.7. The van der Waals surface area contributed by atoms with Crippen LogP contribution in [0.5, 0.6) is 0 Å². The Morgan fingerprint density at radius 1 is 0.825 bits per heavy atom. The first-order chi connectivity index (χ1) is 19.0. The Labute approximate surface area is 244 Å². The number of piperazine rings is 2. The van der Waals surface area contributed by atoms with Gasteiger partial charge in [0.05, 0.1) is 4.90 Å². The van der Waals surface area contributed by atoms with Gasteiger partial charge < -0.3 is 14.7 Å². The van der Waals surface area contributed by atoms with Gasteiger partial charge in [0.15, 0.2) is 0 Å². The quantitative estimate of drug-likeness (QED) is 0.411. The molecule has 3 aromatic carbocycles. The molecule has 0 aromatic heterocycles. The van der Waals surface area contributed by atoms with Crippen LogP contribution in [-0.2, 0) is 14.8 Å². The summed E-state index contributed by atoms with van der Waals surface area (Å²) in [6, 6.07) is 15.6. The summed E-state index contributed by atoms with van der Waals surface area (Å²) in [6.45, 7) is 6.47. The molecule has 5 rings (SSSR count). The molecule has 40 heavy (non-hydrogen) atoms. The number of halogens is 3. The number of hydrogen-bond donors (Lipinski definition) is 0. The van der Waals surface area contributed by atoms with Crippen LogP contribution in [0.1, 0.15) is 11.1 Å². The van der Waals surface area contributed by atoms with Crippen LogP contribution in [-0.4, -0.2) is 75.4 Å². The Hall–Kier alpha value is -2.85. The molecule has 7 nitrogen and oxygen atoms in total. The number of carbonyl (C=O) groups is 1. The van der Waals surface area contributed by atoms with Crippen molar-refractivity contribution in [3.8, 4) is 0 Å². The summed E-state index contributed by atoms with van der Waals surface area (Å²) in [6.07, 6.45) is 0. The molecule has 3 aromatic rings. The van der Waals surface area contributed by atoms with E-state index in [4.69, 9.17) is 23.2 Å². The molecule has 0 saturated carbocycles. The van der Waals surface area contributed by atoms with Gasteiger partial charge in [-0.15, -0.1) is 0 Å². The number of benzene rings is 3. The van der Waals surface area contributed by atoms with Gasteiger partial charge in [0.2, 0.25) is 15.9 Å². The Balaban J connectivity index is 1.40. The van der Waals surface area contributed by atoms with Crippen LogP contribution in [0.2, 0.25) is 10.0 Å². The smallest absolute Gasteiger partial charge is 0.246 e. The minimum absolute atomic E-state index is 0.0297. The monoisotopic (exact) mass is 604 g/mol. The molecule has 2 heterocycles. The van der Waals surface area contributed by atoms with Gasteiger partial charge in [-0.1, -0.05) is 35.3 Å². The molecule has 1 amide bonds. The van der Waals surface area contributed by atoms with Crippen LogP contribution >= 0.6 is 23.2 Å². The van der Waals surface area contributed by atoms with Gasteiger partial charge in [-0.25, -0.2) is 12.8 Å². The lowest BCUT2D eigenvalue weighted by molar-refractivity contribution is -0.133. The van der Waals surface area contributed by atoms with Crippen LogP contribution in [0.3, 0.4) is 0 Å². The zero-order chi connectivity index (χ0) is 28.6. The number of nitrogens with zero attached hydrogens (tertiary/aromatic N) is 4. The number of anilines is 2. The number of hydrogen-bond acceptors (Lipinski definition) is 5. The average Bonchev–Trinajstić information content (AvgIpc) is 2.94. The van der Waals surface area contributed by atoms with E-state index in [0.717, 1.165) is 11.3 Å². The van der Waals surface area contributed by atoms with E-state index in [2.05, 4.69) is 4.90 Å². The zero-order valence-corrected chi connectivity index (χ0v) is 24.7. The minimum atomic E-state index is -3.89. The molecule has 0 radical (unpaired) electrons. The van der Waals surface area contributed by atoms with E-state index in [9.17, 15) is 17.6 Å². The molecule has 2 saturated heterocycles. The molecule has 0 bridgehead atoms. The highest BCUT2D eigenvalue weighted by atomic mass is 35.5. The van der Waals surface area contributed by atoms with Crippen molar-refractivity contribution >= 4 is 50.5 Å². The van der Waals surface area contributed by atoms with Gasteiger partial charge in [-0.3, -0.25) is 4.79 Å². The molecular weight excluding hydrogens is 574 g/mol. The van der Waals surface area contributed by atoms with Crippen molar-refractivity contribution in [2.75, 3.05) is 55.6 Å². The first-order valence-electron chi connectivity index (χ1n) is 13.1. The topological polar surface area (TPSA) is 64.2 Å². The molecule has 0 aliphatic carbocycles. The summed E-state index contributed by atoms with van der Waals surface area (Å²) in [5.41, 5.74) is 3.55. The highest BCUT2D eigenvalue weighted by Crippen LogP contribution is 2.30. The highest BCUT2D eigenvalue weighted by molar-refractivity contribution is 7.89. The molecule has 0 spiro atoms. The SMILES string of the molecule is Cc1ccc(Cl)cc1N1CCN(C(=O)C2CN(S(=O)(=O)c3cccc(Cl)c3)CCN2c2ccc(F)cc2C)CC1. The number of amides is 1.